The third kappa shape index (κ3) is 3.47. The van der Waals surface area contributed by atoms with Crippen LogP contribution >= 0.6 is 0 Å². The molecule has 1 aliphatic carbocycles. The maximum Gasteiger partial charge on any atom is 0.0684 e. The van der Waals surface area contributed by atoms with Gasteiger partial charge in [0.25, 0.3) is 0 Å². The van der Waals surface area contributed by atoms with E-state index in [4.69, 9.17) is 4.74 Å². The molecule has 100 valence electrons. The van der Waals surface area contributed by atoms with Gasteiger partial charge in [0.2, 0.25) is 0 Å². The zero-order valence-corrected chi connectivity index (χ0v) is 11.1. The van der Waals surface area contributed by atoms with Crippen molar-refractivity contribution in [1.29, 1.82) is 0 Å². The summed E-state index contributed by atoms with van der Waals surface area (Å²) < 4.78 is 5.97. The Morgan fingerprint density at radius 1 is 1.22 bits per heavy atom. The first-order valence-electron chi connectivity index (χ1n) is 6.90. The number of nitrogens with one attached hydrogen (secondary N) is 2. The summed E-state index contributed by atoms with van der Waals surface area (Å²) in [5, 5.41) is 6.91. The number of allylic oxidation sites excluding steroid dienone is 1. The molecule has 0 spiro atoms. The second kappa shape index (κ2) is 6.76. The van der Waals surface area contributed by atoms with Crippen LogP contribution in [-0.2, 0) is 4.74 Å². The van der Waals surface area contributed by atoms with E-state index in [2.05, 4.69) is 23.8 Å². The van der Waals surface area contributed by atoms with Gasteiger partial charge >= 0.3 is 0 Å². The minimum Gasteiger partial charge on any atom is -0.378 e. The van der Waals surface area contributed by atoms with Gasteiger partial charge in [0.1, 0.15) is 0 Å². The highest BCUT2D eigenvalue weighted by Crippen LogP contribution is 2.21. The van der Waals surface area contributed by atoms with Gasteiger partial charge in [0.15, 0.2) is 0 Å². The number of hydrogen-bond donors (Lipinski definition) is 2. The number of rotatable bonds is 5. The average molecular weight is 248 g/mol. The van der Waals surface area contributed by atoms with Gasteiger partial charge in [-0.25, -0.2) is 0 Å². The predicted molar refractivity (Wildman–Crippen MR) is 75.4 cm³/mol. The van der Waals surface area contributed by atoms with Gasteiger partial charge in [-0.3, -0.25) is 0 Å². The molecule has 1 saturated carbocycles. The van der Waals surface area contributed by atoms with Crippen molar-refractivity contribution < 1.29 is 4.74 Å². The van der Waals surface area contributed by atoms with E-state index < -0.39 is 0 Å². The molecule has 0 aromatic carbocycles. The lowest BCUT2D eigenvalue weighted by Gasteiger charge is -2.21. The summed E-state index contributed by atoms with van der Waals surface area (Å²) in [5.74, 6) is 0. The molecule has 0 bridgehead atoms. The summed E-state index contributed by atoms with van der Waals surface area (Å²) in [6.07, 6.45) is 9.32. The molecule has 2 rings (SSSR count). The van der Waals surface area contributed by atoms with E-state index in [0.717, 1.165) is 25.4 Å². The van der Waals surface area contributed by atoms with E-state index in [9.17, 15) is 0 Å². The maximum absolute atomic E-state index is 5.97. The molecule has 0 aromatic heterocycles. The summed E-state index contributed by atoms with van der Waals surface area (Å²) in [7, 11) is 0. The van der Waals surface area contributed by atoms with Crippen LogP contribution in [0.15, 0.2) is 36.6 Å². The Labute approximate surface area is 110 Å². The van der Waals surface area contributed by atoms with Gasteiger partial charge in [-0.2, -0.15) is 0 Å². The summed E-state index contributed by atoms with van der Waals surface area (Å²) in [6, 6.07) is 0.316. The van der Waals surface area contributed by atoms with Crippen molar-refractivity contribution in [2.45, 2.75) is 37.8 Å². The van der Waals surface area contributed by atoms with E-state index in [1.165, 1.54) is 31.3 Å². The fraction of sp³-hybridized carbons (Fsp3) is 0.600. The zero-order chi connectivity index (χ0) is 12.8. The van der Waals surface area contributed by atoms with Crippen LogP contribution in [0.1, 0.15) is 25.7 Å². The fourth-order valence-corrected chi connectivity index (χ4v) is 2.62. The van der Waals surface area contributed by atoms with E-state index in [1.54, 1.807) is 0 Å². The standard InChI is InChI=1S/C15H24N2O/c1-3-12-9-16-10-13(17-15(12)4-2)11-18-14-7-5-6-8-14/h3-4,13-14,16-17H,1-2,5-11H2. The number of ether oxygens (including phenoxy) is 1. The molecule has 3 heteroatoms. The SMILES string of the molecule is C=CC1=C(C=C)NC(COC2CCCC2)CNC1. The first-order chi connectivity index (χ1) is 8.83. The van der Waals surface area contributed by atoms with Crippen molar-refractivity contribution >= 4 is 0 Å². The van der Waals surface area contributed by atoms with Crippen LogP contribution in [-0.4, -0.2) is 31.8 Å². The van der Waals surface area contributed by atoms with Crippen LogP contribution in [0, 0.1) is 0 Å². The summed E-state index contributed by atoms with van der Waals surface area (Å²) in [5.41, 5.74) is 2.25. The Morgan fingerprint density at radius 2 is 2.00 bits per heavy atom. The topological polar surface area (TPSA) is 33.3 Å². The minimum absolute atomic E-state index is 0.316. The van der Waals surface area contributed by atoms with E-state index in [1.807, 2.05) is 12.2 Å². The Balaban J connectivity index is 1.87. The Bertz CT molecular complexity index is 329. The van der Waals surface area contributed by atoms with Crippen LogP contribution < -0.4 is 10.6 Å². The fourth-order valence-electron chi connectivity index (χ4n) is 2.62. The first-order valence-corrected chi connectivity index (χ1v) is 6.90. The summed E-state index contributed by atoms with van der Waals surface area (Å²) in [6.45, 7) is 10.2. The molecule has 2 N–H and O–H groups in total. The molecular formula is C15H24N2O. The third-order valence-electron chi connectivity index (χ3n) is 3.70. The van der Waals surface area contributed by atoms with Gasteiger partial charge < -0.3 is 15.4 Å². The van der Waals surface area contributed by atoms with Gasteiger partial charge in [-0.1, -0.05) is 32.1 Å². The maximum atomic E-state index is 5.97. The molecule has 2 aliphatic rings. The van der Waals surface area contributed by atoms with E-state index in [0.29, 0.717) is 12.1 Å². The van der Waals surface area contributed by atoms with Crippen molar-refractivity contribution in [3.63, 3.8) is 0 Å². The molecule has 0 radical (unpaired) electrons. The van der Waals surface area contributed by atoms with Crippen molar-refractivity contribution in [2.75, 3.05) is 19.7 Å². The molecule has 0 saturated heterocycles. The van der Waals surface area contributed by atoms with Crippen LogP contribution in [0.2, 0.25) is 0 Å². The lowest BCUT2D eigenvalue weighted by atomic mass is 10.2. The van der Waals surface area contributed by atoms with Crippen LogP contribution in [0.5, 0.6) is 0 Å². The number of hydrogen-bond acceptors (Lipinski definition) is 3. The molecule has 1 heterocycles. The van der Waals surface area contributed by atoms with Gasteiger partial charge in [0.05, 0.1) is 18.8 Å². The largest absolute Gasteiger partial charge is 0.378 e. The second-order valence-corrected chi connectivity index (χ2v) is 5.06. The quantitative estimate of drug-likeness (QED) is 0.782. The first kappa shape index (κ1) is 13.4. The highest BCUT2D eigenvalue weighted by atomic mass is 16.5. The normalized spacial score (nSPS) is 25.7. The van der Waals surface area contributed by atoms with E-state index >= 15 is 0 Å². The van der Waals surface area contributed by atoms with Gasteiger partial charge in [-0.15, -0.1) is 0 Å². The van der Waals surface area contributed by atoms with Crippen molar-refractivity contribution in [3.8, 4) is 0 Å². The molecule has 1 aliphatic heterocycles. The van der Waals surface area contributed by atoms with Crippen molar-refractivity contribution in [2.24, 2.45) is 0 Å². The predicted octanol–water partition coefficient (Wildman–Crippen LogP) is 2.13. The van der Waals surface area contributed by atoms with Crippen LogP contribution in [0.4, 0.5) is 0 Å². The molecule has 1 atom stereocenters. The molecule has 0 aromatic rings. The highest BCUT2D eigenvalue weighted by Gasteiger charge is 2.19. The molecule has 0 amide bonds. The lowest BCUT2D eigenvalue weighted by molar-refractivity contribution is 0.0451. The van der Waals surface area contributed by atoms with Crippen molar-refractivity contribution in [3.05, 3.63) is 36.6 Å². The smallest absolute Gasteiger partial charge is 0.0684 e. The molecular weight excluding hydrogens is 224 g/mol. The highest BCUT2D eigenvalue weighted by molar-refractivity contribution is 5.32. The average Bonchev–Trinajstić information content (AvgIpc) is 2.83. The zero-order valence-electron chi connectivity index (χ0n) is 11.1. The van der Waals surface area contributed by atoms with Crippen molar-refractivity contribution in [1.82, 2.24) is 10.6 Å². The Kier molecular flexibility index (Phi) is 5.02. The lowest BCUT2D eigenvalue weighted by Crippen LogP contribution is -2.40. The Morgan fingerprint density at radius 3 is 2.67 bits per heavy atom. The monoisotopic (exact) mass is 248 g/mol. The molecule has 1 unspecified atom stereocenters. The molecule has 3 nitrogen and oxygen atoms in total. The summed E-state index contributed by atoms with van der Waals surface area (Å²) in [4.78, 5) is 0. The Hall–Kier alpha value is -1.06. The molecule has 1 fully saturated rings. The minimum atomic E-state index is 0.316. The van der Waals surface area contributed by atoms with E-state index in [-0.39, 0.29) is 0 Å². The van der Waals surface area contributed by atoms with Gasteiger partial charge in [-0.05, 0) is 24.5 Å². The summed E-state index contributed by atoms with van der Waals surface area (Å²) >= 11 is 0. The third-order valence-corrected chi connectivity index (χ3v) is 3.70. The van der Waals surface area contributed by atoms with Crippen LogP contribution in [0.3, 0.4) is 0 Å². The molecule has 18 heavy (non-hydrogen) atoms. The second-order valence-electron chi connectivity index (χ2n) is 5.06. The van der Waals surface area contributed by atoms with Crippen LogP contribution in [0.25, 0.3) is 0 Å². The van der Waals surface area contributed by atoms with Gasteiger partial charge in [0, 0.05) is 18.8 Å².